The zero-order chi connectivity index (χ0) is 13.4. The molecular formula is C14H29NO3. The monoisotopic (exact) mass is 259 g/mol. The van der Waals surface area contributed by atoms with Gasteiger partial charge in [0.1, 0.15) is 0 Å². The summed E-state index contributed by atoms with van der Waals surface area (Å²) in [5.74, 6) is 0.872. The van der Waals surface area contributed by atoms with Crippen molar-refractivity contribution >= 4 is 0 Å². The molecule has 1 rings (SSSR count). The summed E-state index contributed by atoms with van der Waals surface area (Å²) in [6.07, 6.45) is 4.75. The van der Waals surface area contributed by atoms with Crippen molar-refractivity contribution in [3.05, 3.63) is 0 Å². The van der Waals surface area contributed by atoms with Crippen molar-refractivity contribution in [2.24, 2.45) is 5.92 Å². The van der Waals surface area contributed by atoms with Crippen molar-refractivity contribution < 1.29 is 14.6 Å². The highest BCUT2D eigenvalue weighted by Gasteiger charge is 2.22. The van der Waals surface area contributed by atoms with E-state index in [1.165, 1.54) is 25.7 Å². The Hall–Kier alpha value is -0.160. The lowest BCUT2D eigenvalue weighted by molar-refractivity contribution is -0.00510. The van der Waals surface area contributed by atoms with Gasteiger partial charge in [-0.2, -0.15) is 0 Å². The van der Waals surface area contributed by atoms with Crippen LogP contribution in [0.1, 0.15) is 32.6 Å². The highest BCUT2D eigenvalue weighted by molar-refractivity contribution is 4.77. The molecule has 0 aromatic heterocycles. The first-order valence-electron chi connectivity index (χ1n) is 7.08. The van der Waals surface area contributed by atoms with Gasteiger partial charge in [-0.15, -0.1) is 0 Å². The molecule has 0 aliphatic heterocycles. The summed E-state index contributed by atoms with van der Waals surface area (Å²) in [5, 5.41) is 9.89. The van der Waals surface area contributed by atoms with Crippen molar-refractivity contribution in [1.29, 1.82) is 0 Å². The maximum Gasteiger partial charge on any atom is 0.0900 e. The Balaban J connectivity index is 2.12. The summed E-state index contributed by atoms with van der Waals surface area (Å²) in [4.78, 5) is 2.29. The molecule has 0 saturated heterocycles. The van der Waals surface area contributed by atoms with Crippen LogP contribution in [-0.2, 0) is 9.47 Å². The highest BCUT2D eigenvalue weighted by Crippen LogP contribution is 2.26. The van der Waals surface area contributed by atoms with Gasteiger partial charge in [-0.05, 0) is 38.6 Å². The van der Waals surface area contributed by atoms with Crippen LogP contribution in [-0.4, -0.2) is 62.7 Å². The van der Waals surface area contributed by atoms with Crippen LogP contribution in [0.15, 0.2) is 0 Å². The molecule has 18 heavy (non-hydrogen) atoms. The summed E-state index contributed by atoms with van der Waals surface area (Å²) in [5.41, 5.74) is 0. The van der Waals surface area contributed by atoms with E-state index in [0.29, 0.717) is 32.4 Å². The zero-order valence-electron chi connectivity index (χ0n) is 12.1. The second kappa shape index (κ2) is 8.86. The molecular weight excluding hydrogens is 230 g/mol. The first-order valence-corrected chi connectivity index (χ1v) is 7.08. The van der Waals surface area contributed by atoms with E-state index in [1.54, 1.807) is 7.11 Å². The lowest BCUT2D eigenvalue weighted by Crippen LogP contribution is -2.41. The van der Waals surface area contributed by atoms with Crippen LogP contribution < -0.4 is 0 Å². The molecule has 1 atom stereocenters. The van der Waals surface area contributed by atoms with Gasteiger partial charge in [-0.3, -0.25) is 0 Å². The second-order valence-corrected chi connectivity index (χ2v) is 5.57. The molecule has 0 amide bonds. The molecule has 1 unspecified atom stereocenters. The summed E-state index contributed by atoms with van der Waals surface area (Å²) in [6, 6.07) is 0.634. The zero-order valence-corrected chi connectivity index (χ0v) is 12.1. The van der Waals surface area contributed by atoms with Crippen molar-refractivity contribution in [3.63, 3.8) is 0 Å². The van der Waals surface area contributed by atoms with Crippen molar-refractivity contribution in [2.45, 2.75) is 44.8 Å². The van der Waals surface area contributed by atoms with Crippen LogP contribution in [0.25, 0.3) is 0 Å². The molecule has 0 heterocycles. The summed E-state index contributed by atoms with van der Waals surface area (Å²) >= 11 is 0. The number of aliphatic hydroxyl groups excluding tert-OH is 1. The fourth-order valence-corrected chi connectivity index (χ4v) is 2.58. The maximum atomic E-state index is 9.89. The van der Waals surface area contributed by atoms with E-state index in [0.717, 1.165) is 5.92 Å². The van der Waals surface area contributed by atoms with Crippen molar-refractivity contribution in [2.75, 3.05) is 40.5 Å². The topological polar surface area (TPSA) is 41.9 Å². The third-order valence-electron chi connectivity index (χ3n) is 3.85. The molecule has 1 aliphatic carbocycles. The minimum Gasteiger partial charge on any atom is -0.389 e. The molecule has 1 saturated carbocycles. The number of methoxy groups -OCH3 is 1. The highest BCUT2D eigenvalue weighted by atomic mass is 16.5. The number of nitrogens with zero attached hydrogens (tertiary/aromatic N) is 1. The second-order valence-electron chi connectivity index (χ2n) is 5.57. The Morgan fingerprint density at radius 2 is 1.89 bits per heavy atom. The molecule has 4 heteroatoms. The molecule has 0 radical (unpaired) electrons. The van der Waals surface area contributed by atoms with E-state index < -0.39 is 6.10 Å². The third kappa shape index (κ3) is 6.14. The Kier molecular flexibility index (Phi) is 7.82. The first kappa shape index (κ1) is 15.9. The predicted molar refractivity (Wildman–Crippen MR) is 72.8 cm³/mol. The number of hydrogen-bond donors (Lipinski definition) is 1. The quantitative estimate of drug-likeness (QED) is 0.671. The molecule has 4 nitrogen and oxygen atoms in total. The van der Waals surface area contributed by atoms with E-state index >= 15 is 0 Å². The molecule has 0 aromatic carbocycles. The average Bonchev–Trinajstić information content (AvgIpc) is 2.35. The lowest BCUT2D eigenvalue weighted by Gasteiger charge is -2.34. The SMILES string of the molecule is COCCOCC(O)CN(C)C1CCC(C)CC1. The molecule has 1 aliphatic rings. The van der Waals surface area contributed by atoms with Gasteiger partial charge in [0.2, 0.25) is 0 Å². The molecule has 0 aromatic rings. The fourth-order valence-electron chi connectivity index (χ4n) is 2.58. The van der Waals surface area contributed by atoms with Gasteiger partial charge in [0.05, 0.1) is 25.9 Å². The molecule has 0 bridgehead atoms. The minimum absolute atomic E-state index is 0.397. The molecule has 0 spiro atoms. The van der Waals surface area contributed by atoms with Gasteiger partial charge < -0.3 is 19.5 Å². The van der Waals surface area contributed by atoms with Gasteiger partial charge in [0.15, 0.2) is 0 Å². The Bertz CT molecular complexity index is 205. The van der Waals surface area contributed by atoms with Gasteiger partial charge in [-0.25, -0.2) is 0 Å². The van der Waals surface area contributed by atoms with Crippen LogP contribution in [0.2, 0.25) is 0 Å². The Labute approximate surface area is 111 Å². The third-order valence-corrected chi connectivity index (χ3v) is 3.85. The smallest absolute Gasteiger partial charge is 0.0900 e. The van der Waals surface area contributed by atoms with Crippen LogP contribution in [0.4, 0.5) is 0 Å². The lowest BCUT2D eigenvalue weighted by atomic mass is 9.87. The fraction of sp³-hybridized carbons (Fsp3) is 1.00. The van der Waals surface area contributed by atoms with Gasteiger partial charge in [0, 0.05) is 19.7 Å². The number of ether oxygens (including phenoxy) is 2. The summed E-state index contributed by atoms with van der Waals surface area (Å²) < 4.78 is 10.2. The van der Waals surface area contributed by atoms with Crippen LogP contribution in [0.5, 0.6) is 0 Å². The van der Waals surface area contributed by atoms with E-state index in [1.807, 2.05) is 0 Å². The average molecular weight is 259 g/mol. The minimum atomic E-state index is -0.397. The number of aliphatic hydroxyl groups is 1. The number of likely N-dealkylation sites (N-methyl/N-ethyl adjacent to an activating group) is 1. The maximum absolute atomic E-state index is 9.89. The van der Waals surface area contributed by atoms with E-state index in [2.05, 4.69) is 18.9 Å². The van der Waals surface area contributed by atoms with E-state index in [-0.39, 0.29) is 0 Å². The van der Waals surface area contributed by atoms with Crippen LogP contribution in [0.3, 0.4) is 0 Å². The summed E-state index contributed by atoms with van der Waals surface area (Å²) in [6.45, 7) is 4.57. The van der Waals surface area contributed by atoms with Crippen molar-refractivity contribution in [3.8, 4) is 0 Å². The predicted octanol–water partition coefficient (Wildman–Crippen LogP) is 1.52. The normalized spacial score (nSPS) is 26.5. The Morgan fingerprint density at radius 3 is 2.50 bits per heavy atom. The van der Waals surface area contributed by atoms with Gasteiger partial charge in [-0.1, -0.05) is 6.92 Å². The number of hydrogen-bond acceptors (Lipinski definition) is 4. The van der Waals surface area contributed by atoms with Crippen LogP contribution in [0, 0.1) is 5.92 Å². The van der Waals surface area contributed by atoms with Gasteiger partial charge in [0.25, 0.3) is 0 Å². The van der Waals surface area contributed by atoms with E-state index in [4.69, 9.17) is 9.47 Å². The van der Waals surface area contributed by atoms with Gasteiger partial charge >= 0.3 is 0 Å². The largest absolute Gasteiger partial charge is 0.389 e. The molecule has 108 valence electrons. The van der Waals surface area contributed by atoms with Crippen molar-refractivity contribution in [1.82, 2.24) is 4.90 Å². The van der Waals surface area contributed by atoms with E-state index in [9.17, 15) is 5.11 Å². The molecule has 1 N–H and O–H groups in total. The first-order chi connectivity index (χ1) is 8.63. The summed E-state index contributed by atoms with van der Waals surface area (Å²) in [7, 11) is 3.76. The number of rotatable bonds is 8. The van der Waals surface area contributed by atoms with Crippen LogP contribution >= 0.6 is 0 Å². The standard InChI is InChI=1S/C14H29NO3/c1-12-4-6-13(7-5-12)15(2)10-14(16)11-18-9-8-17-3/h12-14,16H,4-11H2,1-3H3. The molecule has 1 fully saturated rings. The Morgan fingerprint density at radius 1 is 1.22 bits per heavy atom.